The van der Waals surface area contributed by atoms with E-state index in [4.69, 9.17) is 9.05 Å². The van der Waals surface area contributed by atoms with Crippen LogP contribution in [0.5, 0.6) is 0 Å². The maximum Gasteiger partial charge on any atom is 0.268 e. The van der Waals surface area contributed by atoms with Crippen LogP contribution in [0.15, 0.2) is 85.1 Å². The summed E-state index contributed by atoms with van der Waals surface area (Å²) in [5.74, 6) is -0.173. The van der Waals surface area contributed by atoms with Crippen molar-refractivity contribution in [1.29, 1.82) is 0 Å². The third kappa shape index (κ3) is 49.4. The SMILES string of the molecule is CC/C=C\C/C=C\C/C=C\C/C=C\C/C=C\C/C=C\C/C=C\CCCCCCCCCCCCCCCC(=O)NC(COP(=O)([O-])OCC[N+](C)(C)C)C(O)CCCCCCCCCC. The predicted octanol–water partition coefficient (Wildman–Crippen LogP) is 15.1. The quantitative estimate of drug-likeness (QED) is 0.0272. The van der Waals surface area contributed by atoms with Crippen LogP contribution < -0.4 is 10.2 Å². The van der Waals surface area contributed by atoms with Gasteiger partial charge in [-0.05, 0) is 70.6 Å². The zero-order valence-electron chi connectivity index (χ0n) is 42.7. The first-order chi connectivity index (χ1) is 31.5. The molecule has 9 heteroatoms. The molecule has 0 heterocycles. The fourth-order valence-corrected chi connectivity index (χ4v) is 7.98. The van der Waals surface area contributed by atoms with Crippen LogP contribution in [0.25, 0.3) is 0 Å². The molecule has 0 radical (unpaired) electrons. The number of phosphoric acid groups is 1. The van der Waals surface area contributed by atoms with Gasteiger partial charge in [0.25, 0.3) is 7.82 Å². The Kier molecular flexibility index (Phi) is 45.1. The molecule has 0 aromatic rings. The van der Waals surface area contributed by atoms with E-state index in [2.05, 4.69) is 104 Å². The highest BCUT2D eigenvalue weighted by Crippen LogP contribution is 2.38. The van der Waals surface area contributed by atoms with Crippen LogP contribution in [0.1, 0.15) is 213 Å². The van der Waals surface area contributed by atoms with Gasteiger partial charge in [-0.3, -0.25) is 9.36 Å². The van der Waals surface area contributed by atoms with Crippen molar-refractivity contribution in [2.45, 2.75) is 225 Å². The number of phosphoric ester groups is 1. The molecule has 3 unspecified atom stereocenters. The van der Waals surface area contributed by atoms with Gasteiger partial charge in [0.15, 0.2) is 0 Å². The third-order valence-electron chi connectivity index (χ3n) is 11.4. The number of nitrogens with zero attached hydrogens (tertiary/aromatic N) is 1. The molecule has 1 amide bonds. The van der Waals surface area contributed by atoms with E-state index in [0.29, 0.717) is 23.9 Å². The number of hydrogen-bond donors (Lipinski definition) is 2. The molecule has 0 aromatic carbocycles. The van der Waals surface area contributed by atoms with E-state index in [1.807, 2.05) is 21.1 Å². The lowest BCUT2D eigenvalue weighted by molar-refractivity contribution is -0.870. The standard InChI is InChI=1S/C56H101N2O6P/c1-6-8-10-12-14-16-17-18-19-20-21-22-23-24-25-26-27-28-29-30-31-32-33-34-35-36-37-38-39-40-41-42-44-46-48-50-56(60)57-54(53-64-65(61,62)63-52-51-58(3,4)5)55(59)49-47-45-43-15-13-11-9-7-2/h8,10,14,16,18-19,21-22,24-25,27-28,30-31,54-55,59H,6-7,9,11-13,15,17,20,23,26,29,32-53H2,1-5H3,(H-,57,60,61,62)/b10-8-,16-14-,19-18-,22-21-,25-24-,28-27-,31-30-. The number of likely N-dealkylation sites (N-methyl/N-ethyl adjacent to an activating group) is 1. The number of hydrogen-bond acceptors (Lipinski definition) is 6. The first kappa shape index (κ1) is 62.7. The minimum absolute atomic E-state index is 0.00883. The maximum absolute atomic E-state index is 12.9. The summed E-state index contributed by atoms with van der Waals surface area (Å²) < 4.78 is 23.2. The van der Waals surface area contributed by atoms with Crippen LogP contribution in [0.4, 0.5) is 0 Å². The van der Waals surface area contributed by atoms with Gasteiger partial charge in [-0.2, -0.15) is 0 Å². The van der Waals surface area contributed by atoms with Gasteiger partial charge >= 0.3 is 0 Å². The number of nitrogens with one attached hydrogen (secondary N) is 1. The molecule has 8 nitrogen and oxygen atoms in total. The van der Waals surface area contributed by atoms with Crippen LogP contribution in [0.3, 0.4) is 0 Å². The van der Waals surface area contributed by atoms with Gasteiger partial charge in [-0.25, -0.2) is 0 Å². The number of carbonyl (C=O) groups excluding carboxylic acids is 1. The number of carbonyl (C=O) groups is 1. The molecule has 0 aromatic heterocycles. The fourth-order valence-electron chi connectivity index (χ4n) is 7.25. The fraction of sp³-hybridized carbons (Fsp3) is 0.732. The lowest BCUT2D eigenvalue weighted by Crippen LogP contribution is -2.46. The van der Waals surface area contributed by atoms with Crippen LogP contribution in [0.2, 0.25) is 0 Å². The summed E-state index contributed by atoms with van der Waals surface area (Å²) in [5, 5.41) is 13.8. The summed E-state index contributed by atoms with van der Waals surface area (Å²) >= 11 is 0. The van der Waals surface area contributed by atoms with E-state index in [0.717, 1.165) is 83.5 Å². The average Bonchev–Trinajstić information content (AvgIpc) is 3.26. The lowest BCUT2D eigenvalue weighted by Gasteiger charge is -2.30. The van der Waals surface area contributed by atoms with Crippen molar-refractivity contribution >= 4 is 13.7 Å². The first-order valence-electron chi connectivity index (χ1n) is 26.4. The Balaban J connectivity index is 3.97. The van der Waals surface area contributed by atoms with Crippen molar-refractivity contribution < 1.29 is 32.9 Å². The predicted molar refractivity (Wildman–Crippen MR) is 279 cm³/mol. The molecule has 0 rings (SSSR count). The molecular formula is C56H101N2O6P. The number of aliphatic hydroxyl groups is 1. The van der Waals surface area contributed by atoms with Gasteiger partial charge < -0.3 is 28.8 Å². The van der Waals surface area contributed by atoms with E-state index in [1.165, 1.54) is 103 Å². The maximum atomic E-state index is 12.9. The molecule has 0 saturated heterocycles. The highest BCUT2D eigenvalue weighted by molar-refractivity contribution is 7.45. The van der Waals surface area contributed by atoms with Gasteiger partial charge in [0, 0.05) is 6.42 Å². The second-order valence-electron chi connectivity index (χ2n) is 18.9. The van der Waals surface area contributed by atoms with Crippen molar-refractivity contribution in [2.75, 3.05) is 40.9 Å². The number of rotatable bonds is 47. The van der Waals surface area contributed by atoms with Gasteiger partial charge in [0.2, 0.25) is 5.91 Å². The monoisotopic (exact) mass is 929 g/mol. The van der Waals surface area contributed by atoms with Gasteiger partial charge in [0.05, 0.1) is 39.9 Å². The number of amides is 1. The number of unbranched alkanes of at least 4 members (excludes halogenated alkanes) is 20. The van der Waals surface area contributed by atoms with Crippen LogP contribution in [-0.4, -0.2) is 68.5 Å². The summed E-state index contributed by atoms with van der Waals surface area (Å²) in [6.07, 6.45) is 64.9. The first-order valence-corrected chi connectivity index (χ1v) is 27.9. The van der Waals surface area contributed by atoms with E-state index in [9.17, 15) is 19.4 Å². The normalized spacial score (nSPS) is 14.8. The Hall–Kier alpha value is -2.32. The highest BCUT2D eigenvalue weighted by atomic mass is 31.2. The summed E-state index contributed by atoms with van der Waals surface area (Å²) in [5.41, 5.74) is 0. The molecule has 0 fully saturated rings. The summed E-state index contributed by atoms with van der Waals surface area (Å²) in [7, 11) is 1.29. The second-order valence-corrected chi connectivity index (χ2v) is 20.3. The summed E-state index contributed by atoms with van der Waals surface area (Å²) in [6, 6.07) is -0.802. The van der Waals surface area contributed by atoms with Crippen molar-refractivity contribution in [3.8, 4) is 0 Å². The lowest BCUT2D eigenvalue weighted by atomic mass is 10.0. The van der Waals surface area contributed by atoms with Gasteiger partial charge in [-0.15, -0.1) is 0 Å². The molecule has 0 aliphatic heterocycles. The van der Waals surface area contributed by atoms with Crippen LogP contribution in [-0.2, 0) is 18.4 Å². The van der Waals surface area contributed by atoms with E-state index in [1.54, 1.807) is 0 Å². The van der Waals surface area contributed by atoms with E-state index >= 15 is 0 Å². The molecule has 2 N–H and O–H groups in total. The number of allylic oxidation sites excluding steroid dienone is 14. The van der Waals surface area contributed by atoms with Gasteiger partial charge in [-0.1, -0.05) is 221 Å². The molecule has 0 bridgehead atoms. The summed E-state index contributed by atoms with van der Waals surface area (Å²) in [4.78, 5) is 25.3. The molecule has 0 aliphatic carbocycles. The van der Waals surface area contributed by atoms with Crippen molar-refractivity contribution in [1.82, 2.24) is 5.32 Å². The summed E-state index contributed by atoms with van der Waals surface area (Å²) in [6.45, 7) is 4.56. The zero-order valence-corrected chi connectivity index (χ0v) is 43.6. The average molecular weight is 929 g/mol. The molecule has 0 spiro atoms. The topological polar surface area (TPSA) is 108 Å². The molecular weight excluding hydrogens is 828 g/mol. The van der Waals surface area contributed by atoms with Gasteiger partial charge in [0.1, 0.15) is 13.2 Å². The van der Waals surface area contributed by atoms with Crippen molar-refractivity contribution in [2.24, 2.45) is 0 Å². The minimum atomic E-state index is -4.56. The zero-order chi connectivity index (χ0) is 47.8. The van der Waals surface area contributed by atoms with E-state index < -0.39 is 20.0 Å². The number of quaternary nitrogens is 1. The molecule has 0 saturated carbocycles. The Bertz CT molecular complexity index is 1330. The third-order valence-corrected chi connectivity index (χ3v) is 12.4. The molecule has 65 heavy (non-hydrogen) atoms. The highest BCUT2D eigenvalue weighted by Gasteiger charge is 2.24. The van der Waals surface area contributed by atoms with Crippen LogP contribution >= 0.6 is 7.82 Å². The number of aliphatic hydroxyl groups excluding tert-OH is 1. The van der Waals surface area contributed by atoms with Crippen molar-refractivity contribution in [3.63, 3.8) is 0 Å². The Morgan fingerprint density at radius 1 is 0.554 bits per heavy atom. The molecule has 376 valence electrons. The minimum Gasteiger partial charge on any atom is -0.756 e. The van der Waals surface area contributed by atoms with E-state index in [-0.39, 0.29) is 19.1 Å². The molecule has 0 aliphatic rings. The smallest absolute Gasteiger partial charge is 0.268 e. The Morgan fingerprint density at radius 2 is 0.938 bits per heavy atom. The Labute approximate surface area is 401 Å². The van der Waals surface area contributed by atoms with Crippen LogP contribution in [0, 0.1) is 0 Å². The molecule has 3 atom stereocenters. The largest absolute Gasteiger partial charge is 0.756 e. The van der Waals surface area contributed by atoms with Crippen molar-refractivity contribution in [3.05, 3.63) is 85.1 Å². The second kappa shape index (κ2) is 46.8. The Morgan fingerprint density at radius 3 is 1.37 bits per heavy atom.